The first-order valence-corrected chi connectivity index (χ1v) is 8.62. The summed E-state index contributed by atoms with van der Waals surface area (Å²) in [7, 11) is 0. The Morgan fingerprint density at radius 1 is 1.44 bits per heavy atom. The van der Waals surface area contributed by atoms with Crippen molar-refractivity contribution < 1.29 is 14.4 Å². The van der Waals surface area contributed by atoms with Gasteiger partial charge in [-0.1, -0.05) is 5.16 Å². The molecule has 0 bridgehead atoms. The molecule has 0 saturated carbocycles. The lowest BCUT2D eigenvalue weighted by atomic mass is 9.95. The molecule has 3 rings (SSSR count). The Bertz CT molecular complexity index is 723. The van der Waals surface area contributed by atoms with Gasteiger partial charge in [-0.3, -0.25) is 9.51 Å². The molecular formula is C17H24N4O4. The molecule has 8 nitrogen and oxygen atoms in total. The molecule has 1 aliphatic rings. The molecule has 25 heavy (non-hydrogen) atoms. The number of β-amino-alcohol motifs (C(OH)–C–C–N with tert-alkyl or cyclic N) is 1. The van der Waals surface area contributed by atoms with Gasteiger partial charge < -0.3 is 14.7 Å². The van der Waals surface area contributed by atoms with Gasteiger partial charge in [-0.25, -0.2) is 9.78 Å². The summed E-state index contributed by atoms with van der Waals surface area (Å²) >= 11 is 0. The number of aromatic amines is 1. The molecule has 2 aromatic heterocycles. The number of H-pyrrole nitrogens is 1. The van der Waals surface area contributed by atoms with Gasteiger partial charge in [0.15, 0.2) is 0 Å². The summed E-state index contributed by atoms with van der Waals surface area (Å²) in [5.74, 6) is 0.372. The van der Waals surface area contributed by atoms with Gasteiger partial charge in [-0.05, 0) is 57.8 Å². The summed E-state index contributed by atoms with van der Waals surface area (Å²) in [4.78, 5) is 19.9. The SMILES string of the molecule is CC1(O)CCCN(CCCCOc2ccc(-c3noc(=O)[nH]3)nc2)C1. The predicted octanol–water partition coefficient (Wildman–Crippen LogP) is 1.43. The fourth-order valence-corrected chi connectivity index (χ4v) is 3.09. The minimum Gasteiger partial charge on any atom is -0.492 e. The Morgan fingerprint density at radius 2 is 2.32 bits per heavy atom. The highest BCUT2D eigenvalue weighted by Gasteiger charge is 2.27. The largest absolute Gasteiger partial charge is 0.492 e. The number of hydrogen-bond donors (Lipinski definition) is 2. The number of aliphatic hydroxyl groups is 1. The normalized spacial score (nSPS) is 21.4. The number of hydrogen-bond acceptors (Lipinski definition) is 7. The van der Waals surface area contributed by atoms with Gasteiger partial charge in [-0.15, -0.1) is 0 Å². The molecule has 1 saturated heterocycles. The van der Waals surface area contributed by atoms with Crippen molar-refractivity contribution in [2.24, 2.45) is 0 Å². The standard InChI is InChI=1S/C17H24N4O4/c1-17(23)7-4-9-21(12-17)8-2-3-10-24-13-5-6-14(18-11-13)15-19-16(22)25-20-15/h5-6,11,23H,2-4,7-10,12H2,1H3,(H,19,20,22). The zero-order valence-corrected chi connectivity index (χ0v) is 14.4. The van der Waals surface area contributed by atoms with Crippen molar-refractivity contribution in [3.05, 3.63) is 28.9 Å². The number of piperidine rings is 1. The molecule has 1 aliphatic heterocycles. The summed E-state index contributed by atoms with van der Waals surface area (Å²) in [6, 6.07) is 3.51. The number of rotatable bonds is 7. The molecule has 1 unspecified atom stereocenters. The molecule has 0 amide bonds. The number of ether oxygens (including phenoxy) is 1. The molecule has 136 valence electrons. The summed E-state index contributed by atoms with van der Waals surface area (Å²) in [5, 5.41) is 13.7. The molecule has 0 aliphatic carbocycles. The van der Waals surface area contributed by atoms with Crippen LogP contribution in [-0.2, 0) is 0 Å². The van der Waals surface area contributed by atoms with Crippen molar-refractivity contribution in [2.75, 3.05) is 26.2 Å². The molecule has 1 fully saturated rings. The summed E-state index contributed by atoms with van der Waals surface area (Å²) < 4.78 is 10.1. The number of unbranched alkanes of at least 4 members (excludes halogenated alkanes) is 1. The molecular weight excluding hydrogens is 324 g/mol. The number of pyridine rings is 1. The maximum absolute atomic E-state index is 10.9. The van der Waals surface area contributed by atoms with Gasteiger partial charge in [0.2, 0.25) is 5.82 Å². The Labute approximate surface area is 145 Å². The lowest BCUT2D eigenvalue weighted by Crippen LogP contribution is -2.46. The first-order chi connectivity index (χ1) is 12.0. The van der Waals surface area contributed by atoms with Gasteiger partial charge in [0.1, 0.15) is 11.4 Å². The van der Waals surface area contributed by atoms with Gasteiger partial charge in [0.05, 0.1) is 18.4 Å². The Balaban J connectivity index is 1.37. The number of nitrogens with zero attached hydrogens (tertiary/aromatic N) is 3. The predicted molar refractivity (Wildman–Crippen MR) is 91.4 cm³/mol. The molecule has 8 heteroatoms. The van der Waals surface area contributed by atoms with E-state index in [1.807, 2.05) is 6.92 Å². The van der Waals surface area contributed by atoms with Crippen LogP contribution in [-0.4, -0.2) is 57.0 Å². The van der Waals surface area contributed by atoms with Crippen molar-refractivity contribution in [1.82, 2.24) is 20.0 Å². The fraction of sp³-hybridized carbons (Fsp3) is 0.588. The number of likely N-dealkylation sites (tertiary alicyclic amines) is 1. The highest BCUT2D eigenvalue weighted by Crippen LogP contribution is 2.20. The van der Waals surface area contributed by atoms with Crippen LogP contribution < -0.4 is 10.5 Å². The van der Waals surface area contributed by atoms with Crippen LogP contribution in [0, 0.1) is 0 Å². The lowest BCUT2D eigenvalue weighted by Gasteiger charge is -2.36. The second kappa shape index (κ2) is 7.79. The quantitative estimate of drug-likeness (QED) is 0.729. The van der Waals surface area contributed by atoms with Crippen LogP contribution in [0.3, 0.4) is 0 Å². The van der Waals surface area contributed by atoms with E-state index in [1.54, 1.807) is 18.3 Å². The third kappa shape index (κ3) is 5.14. The molecule has 3 heterocycles. The van der Waals surface area contributed by atoms with Crippen LogP contribution in [0.15, 0.2) is 27.6 Å². The maximum atomic E-state index is 10.9. The van der Waals surface area contributed by atoms with Crippen LogP contribution in [0.25, 0.3) is 11.5 Å². The van der Waals surface area contributed by atoms with Crippen molar-refractivity contribution in [2.45, 2.75) is 38.2 Å². The molecule has 2 aromatic rings. The molecule has 0 aromatic carbocycles. The van der Waals surface area contributed by atoms with Gasteiger partial charge in [-0.2, -0.15) is 0 Å². The first kappa shape index (κ1) is 17.6. The minimum absolute atomic E-state index is 0.300. The van der Waals surface area contributed by atoms with Crippen LogP contribution in [0.4, 0.5) is 0 Å². The number of nitrogens with one attached hydrogen (secondary N) is 1. The molecule has 0 radical (unpaired) electrons. The van der Waals surface area contributed by atoms with E-state index in [-0.39, 0.29) is 0 Å². The molecule has 0 spiro atoms. The zero-order valence-electron chi connectivity index (χ0n) is 14.4. The third-order valence-corrected chi connectivity index (χ3v) is 4.31. The van der Waals surface area contributed by atoms with E-state index < -0.39 is 11.4 Å². The van der Waals surface area contributed by atoms with E-state index >= 15 is 0 Å². The Morgan fingerprint density at radius 3 is 3.00 bits per heavy atom. The molecule has 1 atom stereocenters. The highest BCUT2D eigenvalue weighted by atomic mass is 16.5. The summed E-state index contributed by atoms with van der Waals surface area (Å²) in [5.41, 5.74) is -0.0219. The van der Waals surface area contributed by atoms with Crippen LogP contribution >= 0.6 is 0 Å². The highest BCUT2D eigenvalue weighted by molar-refractivity contribution is 5.48. The Hall–Kier alpha value is -2.19. The van der Waals surface area contributed by atoms with E-state index in [1.165, 1.54) is 0 Å². The fourth-order valence-electron chi connectivity index (χ4n) is 3.09. The van der Waals surface area contributed by atoms with E-state index in [4.69, 9.17) is 4.74 Å². The zero-order chi connectivity index (χ0) is 17.7. The summed E-state index contributed by atoms with van der Waals surface area (Å²) in [6.07, 6.45) is 5.51. The summed E-state index contributed by atoms with van der Waals surface area (Å²) in [6.45, 7) is 5.33. The van der Waals surface area contributed by atoms with Crippen molar-refractivity contribution in [3.63, 3.8) is 0 Å². The second-order valence-corrected chi connectivity index (χ2v) is 6.75. The second-order valence-electron chi connectivity index (χ2n) is 6.75. The number of aromatic nitrogens is 3. The average Bonchev–Trinajstić information content (AvgIpc) is 3.01. The van der Waals surface area contributed by atoms with Crippen molar-refractivity contribution >= 4 is 0 Å². The molecule has 2 N–H and O–H groups in total. The van der Waals surface area contributed by atoms with E-state index in [0.717, 1.165) is 45.3 Å². The average molecular weight is 348 g/mol. The lowest BCUT2D eigenvalue weighted by molar-refractivity contribution is -0.0159. The van der Waals surface area contributed by atoms with Gasteiger partial charge >= 0.3 is 5.76 Å². The van der Waals surface area contributed by atoms with Gasteiger partial charge in [0, 0.05) is 6.54 Å². The van der Waals surface area contributed by atoms with E-state index in [9.17, 15) is 9.90 Å². The topological polar surface area (TPSA) is 104 Å². The van der Waals surface area contributed by atoms with Gasteiger partial charge in [0.25, 0.3) is 0 Å². The first-order valence-electron chi connectivity index (χ1n) is 8.62. The van der Waals surface area contributed by atoms with Crippen molar-refractivity contribution in [1.29, 1.82) is 0 Å². The third-order valence-electron chi connectivity index (χ3n) is 4.31. The smallest absolute Gasteiger partial charge is 0.439 e. The van der Waals surface area contributed by atoms with Crippen LogP contribution in [0.5, 0.6) is 5.75 Å². The van der Waals surface area contributed by atoms with Crippen LogP contribution in [0.1, 0.15) is 32.6 Å². The maximum Gasteiger partial charge on any atom is 0.439 e. The monoisotopic (exact) mass is 348 g/mol. The van der Waals surface area contributed by atoms with E-state index in [0.29, 0.717) is 23.9 Å². The minimum atomic E-state index is -0.604. The van der Waals surface area contributed by atoms with Crippen LogP contribution in [0.2, 0.25) is 0 Å². The van der Waals surface area contributed by atoms with Crippen molar-refractivity contribution in [3.8, 4) is 17.3 Å². The Kier molecular flexibility index (Phi) is 5.50. The van der Waals surface area contributed by atoms with E-state index in [2.05, 4.69) is 24.5 Å².